The third kappa shape index (κ3) is 6.36. The van der Waals surface area contributed by atoms with Gasteiger partial charge in [0.2, 0.25) is 0 Å². The molecule has 5 heteroatoms. The van der Waals surface area contributed by atoms with Crippen LogP contribution < -0.4 is 5.32 Å². The molecule has 1 aromatic rings. The smallest absolute Gasteiger partial charge is 0.130 e. The van der Waals surface area contributed by atoms with Crippen LogP contribution in [0.4, 0.5) is 8.78 Å². The Kier molecular flexibility index (Phi) is 6.23. The Morgan fingerprint density at radius 2 is 2.05 bits per heavy atom. The van der Waals surface area contributed by atoms with E-state index in [9.17, 15) is 13.9 Å². The van der Waals surface area contributed by atoms with Crippen molar-refractivity contribution in [1.29, 1.82) is 0 Å². The van der Waals surface area contributed by atoms with E-state index in [2.05, 4.69) is 5.32 Å². The van der Waals surface area contributed by atoms with Gasteiger partial charge in [-0.25, -0.2) is 8.78 Å². The third-order valence-electron chi connectivity index (χ3n) is 2.58. The zero-order valence-corrected chi connectivity index (χ0v) is 12.4. The summed E-state index contributed by atoms with van der Waals surface area (Å²) in [6, 6.07) is 3.46. The second-order valence-electron chi connectivity index (χ2n) is 5.21. The molecule has 0 heterocycles. The zero-order chi connectivity index (χ0) is 14.5. The Balaban J connectivity index is 2.33. The predicted molar refractivity (Wildman–Crippen MR) is 76.4 cm³/mol. The van der Waals surface area contributed by atoms with Crippen molar-refractivity contribution in [3.8, 4) is 0 Å². The van der Waals surface area contributed by atoms with Crippen LogP contribution in [0.15, 0.2) is 18.2 Å². The first-order valence-electron chi connectivity index (χ1n) is 6.28. The van der Waals surface area contributed by atoms with Gasteiger partial charge in [-0.2, -0.15) is 11.8 Å². The summed E-state index contributed by atoms with van der Waals surface area (Å²) < 4.78 is 26.3. The molecule has 0 amide bonds. The monoisotopic (exact) mass is 289 g/mol. The maximum absolute atomic E-state index is 13.5. The van der Waals surface area contributed by atoms with Gasteiger partial charge in [0, 0.05) is 35.7 Å². The first-order chi connectivity index (χ1) is 8.79. The van der Waals surface area contributed by atoms with Crippen molar-refractivity contribution in [2.45, 2.75) is 32.4 Å². The van der Waals surface area contributed by atoms with Gasteiger partial charge in [-0.3, -0.25) is 0 Å². The van der Waals surface area contributed by atoms with E-state index in [1.165, 1.54) is 12.1 Å². The highest BCUT2D eigenvalue weighted by atomic mass is 32.2. The molecule has 0 fully saturated rings. The molecule has 1 unspecified atom stereocenters. The topological polar surface area (TPSA) is 32.3 Å². The van der Waals surface area contributed by atoms with Crippen LogP contribution in [0.1, 0.15) is 32.4 Å². The van der Waals surface area contributed by atoms with Crippen LogP contribution in [0.2, 0.25) is 0 Å². The number of thioether (sulfide) groups is 1. The van der Waals surface area contributed by atoms with Gasteiger partial charge >= 0.3 is 0 Å². The minimum absolute atomic E-state index is 0.164. The van der Waals surface area contributed by atoms with Crippen molar-refractivity contribution in [3.63, 3.8) is 0 Å². The predicted octanol–water partition coefficient (Wildman–Crippen LogP) is 3.12. The van der Waals surface area contributed by atoms with Crippen LogP contribution in [0, 0.1) is 11.6 Å². The molecule has 0 aliphatic rings. The van der Waals surface area contributed by atoms with Crippen molar-refractivity contribution >= 4 is 11.8 Å². The molecule has 108 valence electrons. The third-order valence-corrected chi connectivity index (χ3v) is 3.98. The van der Waals surface area contributed by atoms with Crippen molar-refractivity contribution < 1.29 is 13.9 Å². The van der Waals surface area contributed by atoms with Gasteiger partial charge < -0.3 is 10.4 Å². The number of hydrogen-bond acceptors (Lipinski definition) is 3. The fraction of sp³-hybridized carbons (Fsp3) is 0.571. The van der Waals surface area contributed by atoms with E-state index in [-0.39, 0.29) is 6.04 Å². The molecule has 0 aromatic heterocycles. The van der Waals surface area contributed by atoms with E-state index in [4.69, 9.17) is 0 Å². The van der Waals surface area contributed by atoms with Crippen molar-refractivity contribution in [2.24, 2.45) is 0 Å². The summed E-state index contributed by atoms with van der Waals surface area (Å²) in [5.41, 5.74) is -0.201. The highest BCUT2D eigenvalue weighted by Crippen LogP contribution is 2.18. The number of aliphatic hydroxyl groups is 1. The molecular weight excluding hydrogens is 268 g/mol. The molecule has 2 N–H and O–H groups in total. The molecule has 2 nitrogen and oxygen atoms in total. The number of benzene rings is 1. The van der Waals surface area contributed by atoms with Gasteiger partial charge in [0.25, 0.3) is 0 Å². The Morgan fingerprint density at radius 1 is 1.37 bits per heavy atom. The van der Waals surface area contributed by atoms with Crippen LogP contribution in [0.3, 0.4) is 0 Å². The quantitative estimate of drug-likeness (QED) is 0.757. The van der Waals surface area contributed by atoms with Gasteiger partial charge in [-0.05, 0) is 26.8 Å². The molecule has 1 aromatic carbocycles. The van der Waals surface area contributed by atoms with E-state index in [1.54, 1.807) is 25.6 Å². The fourth-order valence-electron chi connectivity index (χ4n) is 1.63. The summed E-state index contributed by atoms with van der Waals surface area (Å²) in [6.07, 6.45) is 0. The highest BCUT2D eigenvalue weighted by molar-refractivity contribution is 7.99. The summed E-state index contributed by atoms with van der Waals surface area (Å²) in [7, 11) is 0. The van der Waals surface area contributed by atoms with Gasteiger partial charge in [-0.15, -0.1) is 0 Å². The molecule has 0 saturated carbocycles. The number of hydrogen-bond donors (Lipinski definition) is 2. The molecule has 1 atom stereocenters. The molecule has 0 aliphatic heterocycles. The molecule has 19 heavy (non-hydrogen) atoms. The van der Waals surface area contributed by atoms with Crippen LogP contribution in [0.25, 0.3) is 0 Å². The number of rotatable bonds is 7. The lowest BCUT2D eigenvalue weighted by Crippen LogP contribution is -2.25. The molecule has 1 rings (SSSR count). The van der Waals surface area contributed by atoms with Crippen molar-refractivity contribution in [1.82, 2.24) is 5.32 Å². The van der Waals surface area contributed by atoms with E-state index in [0.717, 1.165) is 11.8 Å². The molecule has 0 radical (unpaired) electrons. The molecule has 0 spiro atoms. The molecule has 0 bridgehead atoms. The normalized spacial score (nSPS) is 13.6. The summed E-state index contributed by atoms with van der Waals surface area (Å²) in [6.45, 7) is 6.09. The molecule has 0 saturated heterocycles. The number of nitrogens with one attached hydrogen (secondary N) is 1. The van der Waals surface area contributed by atoms with Crippen LogP contribution in [0.5, 0.6) is 0 Å². The first-order valence-corrected chi connectivity index (χ1v) is 7.43. The molecule has 0 aliphatic carbocycles. The van der Waals surface area contributed by atoms with Gasteiger partial charge in [0.15, 0.2) is 0 Å². The lowest BCUT2D eigenvalue weighted by molar-refractivity contribution is 0.107. The summed E-state index contributed by atoms with van der Waals surface area (Å²) >= 11 is 1.64. The summed E-state index contributed by atoms with van der Waals surface area (Å²) in [5.74, 6) is 0.406. The van der Waals surface area contributed by atoms with Crippen LogP contribution in [-0.2, 0) is 0 Å². The fourth-order valence-corrected chi connectivity index (χ4v) is 2.54. The van der Waals surface area contributed by atoms with Crippen LogP contribution in [-0.4, -0.2) is 28.8 Å². The average molecular weight is 289 g/mol. The second-order valence-corrected chi connectivity index (χ2v) is 6.31. The van der Waals surface area contributed by atoms with Gasteiger partial charge in [0.05, 0.1) is 5.60 Å². The first kappa shape index (κ1) is 16.4. The standard InChI is InChI=1S/C14H21F2NOS/c1-10(12-5-4-11(15)8-13(12)16)17-6-7-19-9-14(2,3)18/h4-5,8,10,17-18H,6-7,9H2,1-3H3. The average Bonchev–Trinajstić information content (AvgIpc) is 2.26. The number of halogens is 2. The maximum atomic E-state index is 13.5. The Labute approximate surface area is 117 Å². The Hall–Kier alpha value is -0.650. The summed E-state index contributed by atoms with van der Waals surface area (Å²) in [4.78, 5) is 0. The van der Waals surface area contributed by atoms with E-state index in [1.807, 2.05) is 6.92 Å². The van der Waals surface area contributed by atoms with Gasteiger partial charge in [-0.1, -0.05) is 6.07 Å². The minimum Gasteiger partial charge on any atom is -0.390 e. The van der Waals surface area contributed by atoms with Crippen LogP contribution >= 0.6 is 11.8 Å². The van der Waals surface area contributed by atoms with Crippen molar-refractivity contribution in [3.05, 3.63) is 35.4 Å². The molecular formula is C14H21F2NOS. The Bertz CT molecular complexity index is 407. The lowest BCUT2D eigenvalue weighted by Gasteiger charge is -2.18. The second kappa shape index (κ2) is 7.22. The minimum atomic E-state index is -0.667. The van der Waals surface area contributed by atoms with Crippen molar-refractivity contribution in [2.75, 3.05) is 18.1 Å². The van der Waals surface area contributed by atoms with E-state index in [0.29, 0.717) is 17.9 Å². The summed E-state index contributed by atoms with van der Waals surface area (Å²) in [5, 5.41) is 12.7. The lowest BCUT2D eigenvalue weighted by atomic mass is 10.1. The SMILES string of the molecule is CC(NCCSCC(C)(C)O)c1ccc(F)cc1F. The Morgan fingerprint density at radius 3 is 2.63 bits per heavy atom. The van der Waals surface area contributed by atoms with E-state index < -0.39 is 17.2 Å². The maximum Gasteiger partial charge on any atom is 0.130 e. The van der Waals surface area contributed by atoms with Gasteiger partial charge in [0.1, 0.15) is 11.6 Å². The highest BCUT2D eigenvalue weighted by Gasteiger charge is 2.13. The van der Waals surface area contributed by atoms with E-state index >= 15 is 0 Å². The largest absolute Gasteiger partial charge is 0.390 e. The zero-order valence-electron chi connectivity index (χ0n) is 11.5.